The van der Waals surface area contributed by atoms with Crippen LogP contribution < -0.4 is 15.4 Å². The topological polar surface area (TPSA) is 105 Å². The summed E-state index contributed by atoms with van der Waals surface area (Å²) in [6, 6.07) is 5.55. The molecule has 0 aliphatic heterocycles. The number of imidazole rings is 1. The monoisotopic (exact) mass is 596 g/mol. The van der Waals surface area contributed by atoms with Crippen molar-refractivity contribution in [3.05, 3.63) is 56.8 Å². The largest absolute Gasteiger partial charge is 0.487 e. The molecular weight excluding hydrogens is 574 g/mol. The molecule has 1 atom stereocenters. The summed E-state index contributed by atoms with van der Waals surface area (Å²) >= 11 is 12.9. The zero-order valence-corrected chi connectivity index (χ0v) is 22.0. The van der Waals surface area contributed by atoms with Gasteiger partial charge in [-0.1, -0.05) is 29.3 Å². The molecule has 1 aromatic heterocycles. The van der Waals surface area contributed by atoms with Crippen molar-refractivity contribution in [3.63, 3.8) is 0 Å². The van der Waals surface area contributed by atoms with Crippen molar-refractivity contribution in [2.24, 2.45) is 7.05 Å². The number of amides is 2. The fraction of sp³-hybridized carbons (Fsp3) is 0.375. The second-order valence-electron chi connectivity index (χ2n) is 8.49. The second kappa shape index (κ2) is 12.3. The van der Waals surface area contributed by atoms with Crippen molar-refractivity contribution in [3.8, 4) is 5.75 Å². The number of benzene rings is 2. The Labute approximate surface area is 229 Å². The van der Waals surface area contributed by atoms with E-state index >= 15 is 0 Å². The second-order valence-corrected chi connectivity index (χ2v) is 9.28. The summed E-state index contributed by atoms with van der Waals surface area (Å²) in [7, 11) is 1.60. The number of halogens is 7. The van der Waals surface area contributed by atoms with Crippen LogP contribution in [0.15, 0.2) is 24.3 Å². The number of nitrogens with one attached hydrogen (secondary N) is 2. The number of aliphatic hydroxyl groups excluding tert-OH is 1. The first-order valence-electron chi connectivity index (χ1n) is 11.3. The lowest BCUT2D eigenvalue weighted by molar-refractivity contribution is -0.128. The molecule has 3 rings (SSSR count). The molecular formula is C24H23Cl2F5N4O4. The Hall–Kier alpha value is -3.16. The van der Waals surface area contributed by atoms with Gasteiger partial charge >= 0.3 is 6.18 Å². The minimum Gasteiger partial charge on any atom is -0.487 e. The molecule has 8 nitrogen and oxygen atoms in total. The van der Waals surface area contributed by atoms with Crippen LogP contribution in [0.25, 0.3) is 11.0 Å². The highest BCUT2D eigenvalue weighted by Crippen LogP contribution is 2.32. The van der Waals surface area contributed by atoms with Gasteiger partial charge in [-0.2, -0.15) is 13.2 Å². The third-order valence-corrected chi connectivity index (χ3v) is 6.39. The molecule has 2 amide bonds. The van der Waals surface area contributed by atoms with Crippen molar-refractivity contribution in [1.29, 1.82) is 0 Å². The lowest BCUT2D eigenvalue weighted by Gasteiger charge is -2.14. The number of hydrogen-bond donors (Lipinski definition) is 3. The minimum atomic E-state index is -4.69. The highest BCUT2D eigenvalue weighted by Gasteiger charge is 2.29. The number of fused-ring (bicyclic) bond motifs is 1. The number of hydrogen-bond acceptors (Lipinski definition) is 5. The summed E-state index contributed by atoms with van der Waals surface area (Å²) in [5, 5.41) is 14.1. The van der Waals surface area contributed by atoms with Gasteiger partial charge in [0.1, 0.15) is 30.8 Å². The molecule has 1 heterocycles. The van der Waals surface area contributed by atoms with E-state index in [0.29, 0.717) is 22.5 Å². The van der Waals surface area contributed by atoms with Gasteiger partial charge < -0.3 is 25.0 Å². The smallest absolute Gasteiger partial charge is 0.405 e. The summed E-state index contributed by atoms with van der Waals surface area (Å²) < 4.78 is 70.0. The van der Waals surface area contributed by atoms with Gasteiger partial charge in [-0.3, -0.25) is 9.59 Å². The van der Waals surface area contributed by atoms with E-state index in [0.717, 1.165) is 6.07 Å². The van der Waals surface area contributed by atoms with Crippen LogP contribution in [-0.4, -0.2) is 58.3 Å². The number of aliphatic hydroxyl groups is 1. The van der Waals surface area contributed by atoms with Crippen LogP contribution in [0, 0.1) is 0 Å². The summed E-state index contributed by atoms with van der Waals surface area (Å²) in [6.45, 7) is -1.39. The average molecular weight is 597 g/mol. The first-order valence-corrected chi connectivity index (χ1v) is 12.1. The molecule has 39 heavy (non-hydrogen) atoms. The number of nitrogens with zero attached hydrogens (tertiary/aromatic N) is 2. The van der Waals surface area contributed by atoms with E-state index in [1.807, 2.05) is 0 Å². The first-order chi connectivity index (χ1) is 18.2. The van der Waals surface area contributed by atoms with Crippen molar-refractivity contribution >= 4 is 46.0 Å². The summed E-state index contributed by atoms with van der Waals surface area (Å²) in [6.07, 6.45) is -8.74. The van der Waals surface area contributed by atoms with E-state index in [-0.39, 0.29) is 34.3 Å². The van der Waals surface area contributed by atoms with Crippen LogP contribution in [0.3, 0.4) is 0 Å². The molecule has 3 N–H and O–H groups in total. The van der Waals surface area contributed by atoms with E-state index in [4.69, 9.17) is 27.9 Å². The quantitative estimate of drug-likeness (QED) is 0.301. The Bertz CT molecular complexity index is 1380. The Morgan fingerprint density at radius 3 is 2.49 bits per heavy atom. The summed E-state index contributed by atoms with van der Waals surface area (Å²) in [5.74, 6) is -1.75. The number of alkyl halides is 5. The number of rotatable bonds is 10. The highest BCUT2D eigenvalue weighted by molar-refractivity contribution is 6.36. The maximum absolute atomic E-state index is 12.8. The van der Waals surface area contributed by atoms with Gasteiger partial charge in [0.15, 0.2) is 0 Å². The third kappa shape index (κ3) is 7.70. The third-order valence-electron chi connectivity index (χ3n) is 5.57. The van der Waals surface area contributed by atoms with E-state index in [9.17, 15) is 36.6 Å². The van der Waals surface area contributed by atoms with Gasteiger partial charge in [0.25, 0.3) is 12.3 Å². The van der Waals surface area contributed by atoms with Crippen LogP contribution in [0.5, 0.6) is 5.75 Å². The maximum atomic E-state index is 12.8. The minimum absolute atomic E-state index is 0.0104. The predicted octanol–water partition coefficient (Wildman–Crippen LogP) is 4.40. The molecule has 0 spiro atoms. The van der Waals surface area contributed by atoms with Crippen LogP contribution in [0.1, 0.15) is 34.2 Å². The van der Waals surface area contributed by atoms with E-state index in [1.165, 1.54) is 13.0 Å². The zero-order valence-electron chi connectivity index (χ0n) is 20.5. The SMILES string of the molecule is C[C@H](O)C(=O)NCc1ccc(Cl)c(Cc2nc3cc(C(=O)NCC(F)(F)F)c(OCC(F)F)cc3n2C)c1Cl. The molecule has 212 valence electrons. The zero-order chi connectivity index (χ0) is 29.1. The fourth-order valence-corrected chi connectivity index (χ4v) is 4.16. The lowest BCUT2D eigenvalue weighted by atomic mass is 10.1. The van der Waals surface area contributed by atoms with Crippen molar-refractivity contribution in [2.45, 2.75) is 38.6 Å². The molecule has 0 aliphatic carbocycles. The number of carbonyl (C=O) groups excluding carboxylic acids is 2. The van der Waals surface area contributed by atoms with Crippen LogP contribution in [0.4, 0.5) is 22.0 Å². The highest BCUT2D eigenvalue weighted by atomic mass is 35.5. The summed E-state index contributed by atoms with van der Waals surface area (Å²) in [4.78, 5) is 28.6. The van der Waals surface area contributed by atoms with Gasteiger partial charge in [0.2, 0.25) is 5.91 Å². The Morgan fingerprint density at radius 1 is 1.18 bits per heavy atom. The summed E-state index contributed by atoms with van der Waals surface area (Å²) in [5.41, 5.74) is 1.08. The van der Waals surface area contributed by atoms with Crippen LogP contribution in [-0.2, 0) is 24.8 Å². The standard InChI is InChI=1S/C24H23Cl2F5N4O4/c1-11(36)22(37)32-8-12-3-4-15(25)13(21(12)26)6-20-34-16-5-14(23(38)33-10-24(29,30)31)18(39-9-19(27)28)7-17(16)35(20)2/h3-5,7,11,19,36H,6,8-10H2,1-2H3,(H,32,37)(H,33,38)/t11-/m0/s1. The fourth-order valence-electron chi connectivity index (χ4n) is 3.59. The van der Waals surface area contributed by atoms with Gasteiger partial charge in [0.05, 0.1) is 21.6 Å². The van der Waals surface area contributed by atoms with Crippen molar-refractivity contribution in [2.75, 3.05) is 13.2 Å². The molecule has 0 saturated heterocycles. The molecule has 0 saturated carbocycles. The molecule has 0 unspecified atom stereocenters. The average Bonchev–Trinajstić information content (AvgIpc) is 3.16. The molecule has 0 bridgehead atoms. The van der Waals surface area contributed by atoms with Crippen molar-refractivity contribution < 1.29 is 41.4 Å². The Morgan fingerprint density at radius 2 is 1.87 bits per heavy atom. The van der Waals surface area contributed by atoms with Gasteiger partial charge in [-0.15, -0.1) is 0 Å². The van der Waals surface area contributed by atoms with Gasteiger partial charge in [-0.25, -0.2) is 13.8 Å². The molecule has 0 fully saturated rings. The van der Waals surface area contributed by atoms with E-state index < -0.39 is 49.2 Å². The van der Waals surface area contributed by atoms with E-state index in [2.05, 4.69) is 10.3 Å². The van der Waals surface area contributed by atoms with Crippen molar-refractivity contribution in [1.82, 2.24) is 20.2 Å². The molecule has 0 radical (unpaired) electrons. The van der Waals surface area contributed by atoms with Gasteiger partial charge in [0, 0.05) is 31.1 Å². The van der Waals surface area contributed by atoms with Crippen LogP contribution >= 0.6 is 23.2 Å². The number of aryl methyl sites for hydroxylation is 1. The predicted molar refractivity (Wildman–Crippen MR) is 133 cm³/mol. The molecule has 15 heteroatoms. The normalized spacial score (nSPS) is 12.6. The molecule has 3 aromatic rings. The van der Waals surface area contributed by atoms with Crippen LogP contribution in [0.2, 0.25) is 10.0 Å². The molecule has 2 aromatic carbocycles. The van der Waals surface area contributed by atoms with Gasteiger partial charge in [-0.05, 0) is 30.2 Å². The number of aromatic nitrogens is 2. The number of carbonyl (C=O) groups is 2. The maximum Gasteiger partial charge on any atom is 0.405 e. The Kier molecular flexibility index (Phi) is 9.62. The lowest BCUT2D eigenvalue weighted by Crippen LogP contribution is -2.34. The first kappa shape index (κ1) is 30.4. The Balaban J connectivity index is 1.98. The van der Waals surface area contributed by atoms with E-state index in [1.54, 1.807) is 29.1 Å². The number of ether oxygens (including phenoxy) is 1. The molecule has 0 aliphatic rings.